The number of ether oxygens (including phenoxy) is 7. The molecule has 10 unspecified atom stereocenters. The molecule has 0 saturated carbocycles. The number of benzene rings is 1. The van der Waals surface area contributed by atoms with E-state index in [9.17, 15) is 19.8 Å². The van der Waals surface area contributed by atoms with Crippen LogP contribution in [0.1, 0.15) is 44.1 Å². The predicted molar refractivity (Wildman–Crippen MR) is 271 cm³/mol. The highest BCUT2D eigenvalue weighted by Crippen LogP contribution is 2.46. The minimum Gasteiger partial charge on any atom is -0.493 e. The van der Waals surface area contributed by atoms with E-state index in [0.717, 1.165) is 24.3 Å². The Hall–Kier alpha value is -5.17. The molecule has 2 aliphatic heterocycles. The second-order valence-electron chi connectivity index (χ2n) is 17.3. The van der Waals surface area contributed by atoms with Crippen LogP contribution in [0.5, 0.6) is 5.75 Å². The van der Waals surface area contributed by atoms with Crippen LogP contribution in [0.3, 0.4) is 0 Å². The molecule has 12 atom stereocenters. The molecule has 2 aliphatic carbocycles. The van der Waals surface area contributed by atoms with E-state index in [2.05, 4.69) is 54.3 Å². The fourth-order valence-corrected chi connectivity index (χ4v) is 10.9. The predicted octanol–water partition coefficient (Wildman–Crippen LogP) is 4.26. The Balaban J connectivity index is 1.34. The van der Waals surface area contributed by atoms with Crippen LogP contribution in [0.15, 0.2) is 70.5 Å². The zero-order valence-electron chi connectivity index (χ0n) is 40.2. The van der Waals surface area contributed by atoms with Gasteiger partial charge in [-0.05, 0) is 67.0 Å². The summed E-state index contributed by atoms with van der Waals surface area (Å²) in [7, 11) is 2.17. The van der Waals surface area contributed by atoms with Crippen molar-refractivity contribution in [1.29, 1.82) is 0 Å². The summed E-state index contributed by atoms with van der Waals surface area (Å²) in [6, 6.07) is 5.67. The standard InChI is InChI=1S/C49H57N7O12S3/c1-26(2)53-34-25-65-39(24-38(34)62-4)68-44-46(60)49(70-6,45(59)43-42-29(16-18-51-43)32-22-28(14-15-33(32)54-42)64-20-19-52-56-50)27(3)66-47(44)67-37-13-11-9-8-10-12-31-40(37)30(17-21-71(7)69)35(57)23-36(58)41(31)55-48(61)63-5/h8-9,14-18,22,26-27,34-35,37-39,41,44,46-47,53-54,57,60H,19-21,23-25H2,1-7H3,(H,55,61)/b9-8-,30-17-/t27?,34?,35-,37-,38?,39?,41?,44?,46?,47?,49?,71?/m0/s1. The van der Waals surface area contributed by atoms with Gasteiger partial charge < -0.3 is 59.0 Å². The molecule has 19 nitrogen and oxygen atoms in total. The van der Waals surface area contributed by atoms with Crippen LogP contribution in [-0.4, -0.2) is 162 Å². The number of hydrogen-bond donors (Lipinski definition) is 5. The number of aromatic amines is 1. The minimum atomic E-state index is -1.80. The number of alkyl carbamates (subject to hydrolysis) is 1. The maximum absolute atomic E-state index is 15.5. The van der Waals surface area contributed by atoms with Crippen molar-refractivity contribution in [2.45, 2.75) is 106 Å². The number of ketones is 2. The third-order valence-electron chi connectivity index (χ3n) is 12.5. The van der Waals surface area contributed by atoms with E-state index < -0.39 is 87.4 Å². The van der Waals surface area contributed by atoms with Gasteiger partial charge in [0.2, 0.25) is 5.78 Å². The number of azide groups is 1. The van der Waals surface area contributed by atoms with Gasteiger partial charge in [-0.3, -0.25) is 14.6 Å². The molecule has 2 saturated heterocycles. The number of carbonyl (C=O) groups is 3. The van der Waals surface area contributed by atoms with Gasteiger partial charge in [-0.25, -0.2) is 4.79 Å². The van der Waals surface area contributed by atoms with Gasteiger partial charge in [0.1, 0.15) is 40.5 Å². The van der Waals surface area contributed by atoms with Crippen molar-refractivity contribution in [1.82, 2.24) is 20.6 Å². The van der Waals surface area contributed by atoms with Crippen molar-refractivity contribution in [2.24, 2.45) is 5.11 Å². The summed E-state index contributed by atoms with van der Waals surface area (Å²) in [5.41, 5.74) is 10.3. The number of thioether (sulfide) groups is 1. The molecule has 4 aliphatic rings. The van der Waals surface area contributed by atoms with Crippen LogP contribution in [0, 0.1) is 23.7 Å². The Morgan fingerprint density at radius 1 is 1.20 bits per heavy atom. The number of Topliss-reactive ketones (excluding diaryl/α,β-unsaturated/α-hetero) is 2. The average molecular weight is 1030 g/mol. The second kappa shape index (κ2) is 24.0. The third kappa shape index (κ3) is 11.7. The molecule has 2 aromatic heterocycles. The van der Waals surface area contributed by atoms with E-state index in [0.29, 0.717) is 27.9 Å². The molecule has 71 heavy (non-hydrogen) atoms. The highest BCUT2D eigenvalue weighted by Gasteiger charge is 2.61. The van der Waals surface area contributed by atoms with E-state index >= 15 is 4.79 Å². The van der Waals surface area contributed by atoms with E-state index in [-0.39, 0.29) is 66.8 Å². The van der Waals surface area contributed by atoms with Crippen molar-refractivity contribution < 1.29 is 57.8 Å². The summed E-state index contributed by atoms with van der Waals surface area (Å²) in [5, 5.41) is 35.9. The first-order valence-electron chi connectivity index (χ1n) is 22.8. The number of nitrogens with zero attached hydrogens (tertiary/aromatic N) is 4. The Morgan fingerprint density at radius 3 is 2.70 bits per heavy atom. The molecule has 7 rings (SSSR count). The van der Waals surface area contributed by atoms with Crippen LogP contribution in [0.2, 0.25) is 0 Å². The van der Waals surface area contributed by atoms with Gasteiger partial charge in [-0.15, -0.1) is 21.2 Å². The fraction of sp³-hybridized carbons (Fsp3) is 0.510. The molecule has 1 aromatic carbocycles. The Labute approximate surface area is 422 Å². The van der Waals surface area contributed by atoms with Gasteiger partial charge in [0.25, 0.3) is 0 Å². The van der Waals surface area contributed by atoms with Crippen molar-refractivity contribution in [3.8, 4) is 29.4 Å². The molecule has 2 fully saturated rings. The number of amides is 1. The molecule has 0 bridgehead atoms. The summed E-state index contributed by atoms with van der Waals surface area (Å²) in [6.45, 7) is 6.15. The lowest BCUT2D eigenvalue weighted by Crippen LogP contribution is -2.68. The van der Waals surface area contributed by atoms with Gasteiger partial charge >= 0.3 is 6.09 Å². The Bertz CT molecular complexity index is 2810. The molecular weight excluding hydrogens is 975 g/mol. The van der Waals surface area contributed by atoms with Crippen molar-refractivity contribution in [3.05, 3.63) is 81.5 Å². The number of aliphatic hydroxyl groups excluding tert-OH is 2. The quantitative estimate of drug-likeness (QED) is 0.0316. The first kappa shape index (κ1) is 53.6. The lowest BCUT2D eigenvalue weighted by atomic mass is 9.83. The van der Waals surface area contributed by atoms with Crippen molar-refractivity contribution >= 4 is 71.9 Å². The highest BCUT2D eigenvalue weighted by atomic mass is 32.8. The number of rotatable bonds is 17. The van der Waals surface area contributed by atoms with Gasteiger partial charge in [0.15, 0.2) is 18.4 Å². The third-order valence-corrected chi connectivity index (χ3v) is 15.0. The van der Waals surface area contributed by atoms with Crippen molar-refractivity contribution in [2.75, 3.05) is 52.2 Å². The summed E-state index contributed by atoms with van der Waals surface area (Å²) >= 11 is 6.61. The van der Waals surface area contributed by atoms with Crippen molar-refractivity contribution in [3.63, 3.8) is 0 Å². The number of aliphatic hydroxyl groups is 2. The number of aromatic nitrogens is 2. The zero-order valence-corrected chi connectivity index (χ0v) is 42.7. The minimum absolute atomic E-state index is 0.0254. The number of nitrogens with one attached hydrogen (secondary N) is 3. The summed E-state index contributed by atoms with van der Waals surface area (Å²) in [4.78, 5) is 53.0. The zero-order chi connectivity index (χ0) is 51.0. The number of fused-ring (bicyclic) bond motifs is 3. The van der Waals surface area contributed by atoms with E-state index in [1.165, 1.54) is 18.3 Å². The summed E-state index contributed by atoms with van der Waals surface area (Å²) in [6.07, 6.45) is -1.38. The highest BCUT2D eigenvalue weighted by molar-refractivity contribution is 8.28. The molecule has 0 spiro atoms. The normalized spacial score (nSPS) is 30.1. The van der Waals surface area contributed by atoms with Crippen LogP contribution >= 0.6 is 11.8 Å². The number of pyridine rings is 1. The van der Waals surface area contributed by atoms with E-state index in [1.807, 2.05) is 26.2 Å². The fourth-order valence-electron chi connectivity index (χ4n) is 9.23. The number of H-pyrrole nitrogens is 1. The molecule has 378 valence electrons. The summed E-state index contributed by atoms with van der Waals surface area (Å²) < 4.78 is 41.6. The smallest absolute Gasteiger partial charge is 0.407 e. The SMILES string of the molecule is COC(=O)NC1C(=O)C[C@H](O)/C(=C/CS(C)=S)C2=C1C#C/C=C\C#C[C@@H]2OC1OC(C)C(SC)(C(=O)c2nccc3c2[nH]c2ccc(OCCN=[N+]=[N-])cc23)C(O)C1OC1CC(OC)C(NC(C)C)CO1. The van der Waals surface area contributed by atoms with Crippen LogP contribution in [-0.2, 0) is 53.9 Å². The maximum Gasteiger partial charge on any atom is 0.407 e. The number of allylic oxidation sites excluding steroid dienone is 2. The molecule has 22 heteroatoms. The van der Waals surface area contributed by atoms with Crippen LogP contribution < -0.4 is 15.4 Å². The number of carbonyl (C=O) groups excluding carboxylic acids is 3. The molecule has 0 radical (unpaired) electrons. The molecule has 1 amide bonds. The van der Waals surface area contributed by atoms with E-state index in [1.54, 1.807) is 44.6 Å². The number of hydrogen-bond acceptors (Lipinski definition) is 17. The van der Waals surface area contributed by atoms with Gasteiger partial charge in [-0.1, -0.05) is 59.9 Å². The first-order valence-corrected chi connectivity index (χ1v) is 26.8. The largest absolute Gasteiger partial charge is 0.493 e. The Morgan fingerprint density at radius 2 is 1.99 bits per heavy atom. The van der Waals surface area contributed by atoms with Gasteiger partial charge in [-0.2, -0.15) is 0 Å². The molecular formula is C49H57N7O12S3. The molecule has 5 N–H and O–H groups in total. The first-order chi connectivity index (χ1) is 34.1. The molecule has 3 aromatic rings. The van der Waals surface area contributed by atoms with Crippen LogP contribution in [0.4, 0.5) is 4.79 Å². The lowest BCUT2D eigenvalue weighted by molar-refractivity contribution is -0.322. The maximum atomic E-state index is 15.5. The van der Waals surface area contributed by atoms with Gasteiger partial charge in [0, 0.05) is 70.3 Å². The number of methoxy groups -OCH3 is 2. The van der Waals surface area contributed by atoms with Gasteiger partial charge in [0.05, 0.1) is 56.7 Å². The van der Waals surface area contributed by atoms with Crippen LogP contribution in [0.25, 0.3) is 32.2 Å². The second-order valence-corrected chi connectivity index (χ2v) is 21.6. The topological polar surface area (TPSA) is 258 Å². The summed E-state index contributed by atoms with van der Waals surface area (Å²) in [5.74, 6) is 11.7. The van der Waals surface area contributed by atoms with E-state index in [4.69, 9.17) is 49.9 Å². The Kier molecular flexibility index (Phi) is 18.2. The average Bonchev–Trinajstić information content (AvgIpc) is 3.72. The molecule has 4 heterocycles. The monoisotopic (exact) mass is 1030 g/mol. The lowest BCUT2D eigenvalue weighted by Gasteiger charge is -2.51.